The summed E-state index contributed by atoms with van der Waals surface area (Å²) >= 11 is 0. The number of carbonyl (C=O) groups excluding carboxylic acids is 1. The fourth-order valence-corrected chi connectivity index (χ4v) is 2.71. The average Bonchev–Trinajstić information content (AvgIpc) is 2.64. The summed E-state index contributed by atoms with van der Waals surface area (Å²) in [7, 11) is 0. The van der Waals surface area contributed by atoms with Crippen molar-refractivity contribution < 1.29 is 14.3 Å². The van der Waals surface area contributed by atoms with Crippen molar-refractivity contribution in [2.75, 3.05) is 6.61 Å². The molecule has 1 aromatic carbocycles. The van der Waals surface area contributed by atoms with E-state index in [0.29, 0.717) is 17.1 Å². The Labute approximate surface area is 151 Å². The van der Waals surface area contributed by atoms with Gasteiger partial charge in [0.15, 0.2) is 6.61 Å². The molecule has 0 saturated carbocycles. The molecular weight excluding hydrogens is 332 g/mol. The van der Waals surface area contributed by atoms with Gasteiger partial charge in [0.2, 0.25) is 0 Å². The van der Waals surface area contributed by atoms with Crippen LogP contribution in [0.3, 0.4) is 0 Å². The number of hydrogen-bond acceptors (Lipinski definition) is 5. The molecule has 3 rings (SSSR count). The van der Waals surface area contributed by atoms with Crippen LogP contribution >= 0.6 is 0 Å². The molecule has 0 radical (unpaired) electrons. The zero-order chi connectivity index (χ0) is 18.5. The van der Waals surface area contributed by atoms with Crippen molar-refractivity contribution in [3.05, 3.63) is 75.8 Å². The Morgan fingerprint density at radius 1 is 1.15 bits per heavy atom. The molecule has 0 atom stereocenters. The third-order valence-electron chi connectivity index (χ3n) is 4.01. The Hall–Kier alpha value is -3.15. The molecule has 0 N–H and O–H groups in total. The van der Waals surface area contributed by atoms with Crippen LogP contribution in [0.2, 0.25) is 0 Å². The van der Waals surface area contributed by atoms with Gasteiger partial charge in [-0.25, -0.2) is 9.78 Å². The number of aromatic nitrogens is 2. The lowest BCUT2D eigenvalue weighted by molar-refractivity contribution is -0.147. The van der Waals surface area contributed by atoms with Crippen LogP contribution in [-0.4, -0.2) is 22.0 Å². The number of esters is 1. The van der Waals surface area contributed by atoms with Gasteiger partial charge in [0, 0.05) is 11.8 Å². The van der Waals surface area contributed by atoms with Gasteiger partial charge < -0.3 is 9.47 Å². The number of rotatable bonds is 6. The number of para-hydroxylation sites is 1. The van der Waals surface area contributed by atoms with E-state index in [9.17, 15) is 9.59 Å². The smallest absolute Gasteiger partial charge is 0.344 e. The highest BCUT2D eigenvalue weighted by atomic mass is 16.6. The predicted molar refractivity (Wildman–Crippen MR) is 97.3 cm³/mol. The summed E-state index contributed by atoms with van der Waals surface area (Å²) < 4.78 is 12.2. The first-order valence-electron chi connectivity index (χ1n) is 8.43. The third kappa shape index (κ3) is 3.91. The van der Waals surface area contributed by atoms with Crippen LogP contribution in [0.4, 0.5) is 0 Å². The Bertz CT molecular complexity index is 995. The van der Waals surface area contributed by atoms with Gasteiger partial charge in [0.1, 0.15) is 18.0 Å². The van der Waals surface area contributed by atoms with Gasteiger partial charge in [-0.3, -0.25) is 9.20 Å². The molecule has 0 amide bonds. The number of benzene rings is 1. The highest BCUT2D eigenvalue weighted by molar-refractivity contribution is 5.71. The van der Waals surface area contributed by atoms with Crippen LogP contribution in [0.1, 0.15) is 23.9 Å². The van der Waals surface area contributed by atoms with Crippen molar-refractivity contribution in [1.29, 1.82) is 0 Å². The molecule has 0 aliphatic rings. The second-order valence-corrected chi connectivity index (χ2v) is 5.86. The van der Waals surface area contributed by atoms with Crippen LogP contribution in [-0.2, 0) is 22.6 Å². The second kappa shape index (κ2) is 7.82. The minimum atomic E-state index is -0.512. The topological polar surface area (TPSA) is 69.9 Å². The fourth-order valence-electron chi connectivity index (χ4n) is 2.71. The highest BCUT2D eigenvalue weighted by Crippen LogP contribution is 2.18. The van der Waals surface area contributed by atoms with Crippen molar-refractivity contribution in [3.63, 3.8) is 0 Å². The van der Waals surface area contributed by atoms with Gasteiger partial charge in [0.25, 0.3) is 5.56 Å². The molecule has 0 saturated heterocycles. The van der Waals surface area contributed by atoms with Gasteiger partial charge in [-0.1, -0.05) is 31.2 Å². The van der Waals surface area contributed by atoms with Crippen LogP contribution < -0.4 is 10.3 Å². The van der Waals surface area contributed by atoms with Crippen LogP contribution in [0.25, 0.3) is 5.65 Å². The minimum absolute atomic E-state index is 0.0721. The van der Waals surface area contributed by atoms with E-state index in [1.54, 1.807) is 6.07 Å². The molecule has 0 fully saturated rings. The summed E-state index contributed by atoms with van der Waals surface area (Å²) in [6.45, 7) is 3.59. The van der Waals surface area contributed by atoms with E-state index in [1.807, 2.05) is 50.2 Å². The van der Waals surface area contributed by atoms with Crippen LogP contribution in [0, 0.1) is 6.92 Å². The summed E-state index contributed by atoms with van der Waals surface area (Å²) in [5.41, 5.74) is 2.55. The van der Waals surface area contributed by atoms with Crippen LogP contribution in [0.5, 0.6) is 5.75 Å². The molecule has 0 aliphatic carbocycles. The molecule has 2 aromatic heterocycles. The van der Waals surface area contributed by atoms with Crippen molar-refractivity contribution in [2.24, 2.45) is 0 Å². The highest BCUT2D eigenvalue weighted by Gasteiger charge is 2.09. The molecule has 6 heteroatoms. The van der Waals surface area contributed by atoms with Gasteiger partial charge in [0.05, 0.1) is 5.69 Å². The summed E-state index contributed by atoms with van der Waals surface area (Å²) in [5.74, 6) is 0.159. The Morgan fingerprint density at radius 2 is 1.96 bits per heavy atom. The fraction of sp³-hybridized carbons (Fsp3) is 0.250. The number of hydrogen-bond donors (Lipinski definition) is 0. The van der Waals surface area contributed by atoms with Crippen molar-refractivity contribution in [2.45, 2.75) is 26.9 Å². The number of nitrogens with zero attached hydrogens (tertiary/aromatic N) is 2. The maximum Gasteiger partial charge on any atom is 0.344 e. The summed E-state index contributed by atoms with van der Waals surface area (Å²) in [6, 6.07) is 14.3. The second-order valence-electron chi connectivity index (χ2n) is 5.86. The number of carbonyl (C=O) groups is 1. The number of ether oxygens (including phenoxy) is 2. The van der Waals surface area contributed by atoms with Crippen molar-refractivity contribution in [3.8, 4) is 5.75 Å². The number of aryl methyl sites for hydroxylation is 2. The van der Waals surface area contributed by atoms with E-state index < -0.39 is 5.97 Å². The van der Waals surface area contributed by atoms with Gasteiger partial charge in [-0.2, -0.15) is 0 Å². The standard InChI is InChI=1S/C20H20N2O4/c1-3-15-8-4-5-9-17(15)25-13-20(24)26-12-16-11-19(23)22-14(2)7-6-10-18(22)21-16/h4-11H,3,12-13H2,1-2H3. The first-order chi connectivity index (χ1) is 12.6. The molecular formula is C20H20N2O4. The third-order valence-corrected chi connectivity index (χ3v) is 4.01. The molecule has 6 nitrogen and oxygen atoms in total. The van der Waals surface area contributed by atoms with E-state index >= 15 is 0 Å². The molecule has 26 heavy (non-hydrogen) atoms. The molecule has 0 bridgehead atoms. The van der Waals surface area contributed by atoms with E-state index in [1.165, 1.54) is 10.5 Å². The minimum Gasteiger partial charge on any atom is -0.482 e. The molecule has 0 aliphatic heterocycles. The van der Waals surface area contributed by atoms with E-state index in [-0.39, 0.29) is 18.8 Å². The normalized spacial score (nSPS) is 10.7. The molecule has 0 spiro atoms. The zero-order valence-electron chi connectivity index (χ0n) is 14.8. The van der Waals surface area contributed by atoms with Gasteiger partial charge in [-0.05, 0) is 37.1 Å². The lowest BCUT2D eigenvalue weighted by atomic mass is 10.1. The van der Waals surface area contributed by atoms with Crippen LogP contribution in [0.15, 0.2) is 53.3 Å². The Morgan fingerprint density at radius 3 is 2.77 bits per heavy atom. The first kappa shape index (κ1) is 17.7. The van der Waals surface area contributed by atoms with E-state index in [2.05, 4.69) is 4.98 Å². The Balaban J connectivity index is 1.63. The van der Waals surface area contributed by atoms with Gasteiger partial charge >= 0.3 is 5.97 Å². The maximum absolute atomic E-state index is 12.2. The van der Waals surface area contributed by atoms with E-state index in [0.717, 1.165) is 17.7 Å². The van der Waals surface area contributed by atoms with E-state index in [4.69, 9.17) is 9.47 Å². The number of fused-ring (bicyclic) bond motifs is 1. The largest absolute Gasteiger partial charge is 0.482 e. The summed E-state index contributed by atoms with van der Waals surface area (Å²) in [4.78, 5) is 28.5. The lowest BCUT2D eigenvalue weighted by Gasteiger charge is -2.10. The van der Waals surface area contributed by atoms with Crippen molar-refractivity contribution >= 4 is 11.6 Å². The number of pyridine rings is 1. The predicted octanol–water partition coefficient (Wildman–Crippen LogP) is 2.69. The quantitative estimate of drug-likeness (QED) is 0.638. The Kier molecular flexibility index (Phi) is 5.31. The molecule has 134 valence electrons. The van der Waals surface area contributed by atoms with Gasteiger partial charge in [-0.15, -0.1) is 0 Å². The first-order valence-corrected chi connectivity index (χ1v) is 8.43. The summed E-state index contributed by atoms with van der Waals surface area (Å²) in [6.07, 6.45) is 0.815. The SMILES string of the molecule is CCc1ccccc1OCC(=O)OCc1cc(=O)n2c(C)cccc2n1. The molecule has 3 aromatic rings. The average molecular weight is 352 g/mol. The summed E-state index contributed by atoms with van der Waals surface area (Å²) in [5, 5.41) is 0. The maximum atomic E-state index is 12.2. The zero-order valence-corrected chi connectivity index (χ0v) is 14.8. The van der Waals surface area contributed by atoms with Crippen molar-refractivity contribution in [1.82, 2.24) is 9.38 Å². The monoisotopic (exact) mass is 352 g/mol. The molecule has 0 unspecified atom stereocenters. The molecule has 2 heterocycles. The lowest BCUT2D eigenvalue weighted by Crippen LogP contribution is -2.20.